The van der Waals surface area contributed by atoms with Crippen LogP contribution < -0.4 is 16.4 Å². The Bertz CT molecular complexity index is 1090. The summed E-state index contributed by atoms with van der Waals surface area (Å²) in [7, 11) is 0. The van der Waals surface area contributed by atoms with Crippen molar-refractivity contribution in [1.82, 2.24) is 20.2 Å². The molecule has 8 nitrogen and oxygen atoms in total. The Balaban J connectivity index is 1.40. The lowest BCUT2D eigenvalue weighted by Gasteiger charge is -2.37. The number of phenolic OH excluding ortho intramolecular Hbond substituents is 1. The van der Waals surface area contributed by atoms with Crippen LogP contribution in [0, 0.1) is 0 Å². The molecule has 1 amide bonds. The number of rotatable bonds is 8. The topological polar surface area (TPSA) is 116 Å². The van der Waals surface area contributed by atoms with Crippen LogP contribution in [0.25, 0.3) is 11.3 Å². The van der Waals surface area contributed by atoms with Crippen LogP contribution in [0.4, 0.5) is 5.95 Å². The summed E-state index contributed by atoms with van der Waals surface area (Å²) >= 11 is 0. The highest BCUT2D eigenvalue weighted by atomic mass is 16.3. The van der Waals surface area contributed by atoms with E-state index in [0.717, 1.165) is 41.9 Å². The summed E-state index contributed by atoms with van der Waals surface area (Å²) in [6, 6.07) is 17.4. The molecule has 4 rings (SSSR count). The van der Waals surface area contributed by atoms with Gasteiger partial charge >= 0.3 is 0 Å². The first kappa shape index (κ1) is 22.7. The van der Waals surface area contributed by atoms with E-state index >= 15 is 0 Å². The molecule has 0 radical (unpaired) electrons. The molecule has 8 heteroatoms. The minimum Gasteiger partial charge on any atom is -0.508 e. The van der Waals surface area contributed by atoms with Crippen LogP contribution in [-0.2, 0) is 17.8 Å². The predicted molar refractivity (Wildman–Crippen MR) is 129 cm³/mol. The van der Waals surface area contributed by atoms with Crippen LogP contribution in [0.5, 0.6) is 5.75 Å². The zero-order chi connectivity index (χ0) is 23.2. The lowest BCUT2D eigenvalue weighted by atomic mass is 10.0. The number of primary amides is 1. The van der Waals surface area contributed by atoms with E-state index in [9.17, 15) is 9.90 Å². The summed E-state index contributed by atoms with van der Waals surface area (Å²) in [5.74, 6) is 0.535. The monoisotopic (exact) mass is 446 g/mol. The van der Waals surface area contributed by atoms with Gasteiger partial charge in [0.1, 0.15) is 5.75 Å². The number of nitrogens with two attached hydrogens (primary N) is 1. The van der Waals surface area contributed by atoms with Crippen molar-refractivity contribution in [1.29, 1.82) is 0 Å². The zero-order valence-corrected chi connectivity index (χ0v) is 18.7. The number of anilines is 1. The smallest absolute Gasteiger partial charge is 0.235 e. The van der Waals surface area contributed by atoms with Crippen molar-refractivity contribution in [3.63, 3.8) is 0 Å². The van der Waals surface area contributed by atoms with Gasteiger partial charge in [0.05, 0.1) is 11.7 Å². The number of nitrogens with one attached hydrogen (secondary N) is 2. The van der Waals surface area contributed by atoms with Gasteiger partial charge in [-0.25, -0.2) is 9.97 Å². The SMILES string of the molecule is CC1CN[C@@H](C(N)=O)CN1Cc1cccc(-c2ccnc(NCCc3ccc(O)cc3)n2)c1. The van der Waals surface area contributed by atoms with Gasteiger partial charge in [0.25, 0.3) is 0 Å². The van der Waals surface area contributed by atoms with E-state index in [-0.39, 0.29) is 17.7 Å². The van der Waals surface area contributed by atoms with Crippen LogP contribution >= 0.6 is 0 Å². The molecule has 1 saturated heterocycles. The van der Waals surface area contributed by atoms with Crippen molar-refractivity contribution in [3.8, 4) is 17.0 Å². The summed E-state index contributed by atoms with van der Waals surface area (Å²) in [5.41, 5.74) is 9.65. The molecule has 1 fully saturated rings. The highest BCUT2D eigenvalue weighted by molar-refractivity contribution is 5.80. The second kappa shape index (κ2) is 10.4. The first-order valence-corrected chi connectivity index (χ1v) is 11.2. The number of aromatic hydroxyl groups is 1. The molecule has 5 N–H and O–H groups in total. The van der Waals surface area contributed by atoms with Gasteiger partial charge in [-0.3, -0.25) is 9.69 Å². The van der Waals surface area contributed by atoms with Crippen LogP contribution in [0.1, 0.15) is 18.1 Å². The number of piperazine rings is 1. The van der Waals surface area contributed by atoms with Crippen molar-refractivity contribution in [3.05, 3.63) is 71.9 Å². The van der Waals surface area contributed by atoms with Gasteiger partial charge in [-0.2, -0.15) is 0 Å². The Morgan fingerprint density at radius 1 is 1.21 bits per heavy atom. The number of hydrogen-bond donors (Lipinski definition) is 4. The van der Waals surface area contributed by atoms with E-state index in [2.05, 4.69) is 44.6 Å². The van der Waals surface area contributed by atoms with E-state index < -0.39 is 0 Å². The van der Waals surface area contributed by atoms with E-state index in [0.29, 0.717) is 25.1 Å². The maximum atomic E-state index is 11.6. The molecule has 1 aliphatic heterocycles. The third kappa shape index (κ3) is 6.06. The Morgan fingerprint density at radius 2 is 2.03 bits per heavy atom. The number of aromatic nitrogens is 2. The summed E-state index contributed by atoms with van der Waals surface area (Å²) in [6.07, 6.45) is 2.56. The fraction of sp³-hybridized carbons (Fsp3) is 0.320. The Labute approximate surface area is 193 Å². The molecule has 33 heavy (non-hydrogen) atoms. The van der Waals surface area contributed by atoms with E-state index in [1.807, 2.05) is 30.3 Å². The highest BCUT2D eigenvalue weighted by Crippen LogP contribution is 2.21. The fourth-order valence-electron chi connectivity index (χ4n) is 3.98. The Kier molecular flexibility index (Phi) is 7.16. The molecule has 0 spiro atoms. The lowest BCUT2D eigenvalue weighted by molar-refractivity contribution is -0.121. The molecule has 0 bridgehead atoms. The quantitative estimate of drug-likeness (QED) is 0.419. The van der Waals surface area contributed by atoms with Crippen molar-refractivity contribution >= 4 is 11.9 Å². The van der Waals surface area contributed by atoms with Gasteiger partial charge in [0.15, 0.2) is 0 Å². The third-order valence-corrected chi connectivity index (χ3v) is 5.94. The standard InChI is InChI=1S/C25H30N6O2/c1-17-14-29-23(24(26)33)16-31(17)15-19-3-2-4-20(13-19)22-10-12-28-25(30-22)27-11-9-18-5-7-21(32)8-6-18/h2-8,10,12-13,17,23,29,32H,9,11,14-16H2,1H3,(H2,26,33)(H,27,28,30)/t17?,23-/m1/s1. The lowest BCUT2D eigenvalue weighted by Crippen LogP contribution is -2.59. The first-order chi connectivity index (χ1) is 16.0. The van der Waals surface area contributed by atoms with Crippen LogP contribution in [0.3, 0.4) is 0 Å². The molecule has 2 aromatic carbocycles. The summed E-state index contributed by atoms with van der Waals surface area (Å²) < 4.78 is 0. The zero-order valence-electron chi connectivity index (χ0n) is 18.7. The second-order valence-electron chi connectivity index (χ2n) is 8.45. The van der Waals surface area contributed by atoms with Crippen molar-refractivity contribution in [2.45, 2.75) is 32.0 Å². The van der Waals surface area contributed by atoms with Crippen molar-refractivity contribution in [2.24, 2.45) is 5.73 Å². The predicted octanol–water partition coefficient (Wildman–Crippen LogP) is 2.15. The van der Waals surface area contributed by atoms with Crippen LogP contribution in [0.2, 0.25) is 0 Å². The van der Waals surface area contributed by atoms with Gasteiger partial charge in [0, 0.05) is 44.0 Å². The van der Waals surface area contributed by atoms with Crippen LogP contribution in [-0.4, -0.2) is 57.6 Å². The number of benzene rings is 2. The van der Waals surface area contributed by atoms with Gasteiger partial charge in [0.2, 0.25) is 11.9 Å². The van der Waals surface area contributed by atoms with E-state index in [4.69, 9.17) is 5.73 Å². The van der Waals surface area contributed by atoms with Gasteiger partial charge in [-0.15, -0.1) is 0 Å². The molecule has 2 heterocycles. The second-order valence-corrected chi connectivity index (χ2v) is 8.45. The molecule has 0 saturated carbocycles. The van der Waals surface area contributed by atoms with Crippen molar-refractivity contribution in [2.75, 3.05) is 25.0 Å². The molecule has 3 aromatic rings. The maximum Gasteiger partial charge on any atom is 0.235 e. The molecule has 1 aliphatic rings. The molecule has 1 unspecified atom stereocenters. The van der Waals surface area contributed by atoms with Crippen LogP contribution in [0.15, 0.2) is 60.8 Å². The number of carbonyl (C=O) groups is 1. The van der Waals surface area contributed by atoms with E-state index in [1.54, 1.807) is 18.3 Å². The number of amides is 1. The molecule has 1 aromatic heterocycles. The summed E-state index contributed by atoms with van der Waals surface area (Å²) in [4.78, 5) is 22.9. The highest BCUT2D eigenvalue weighted by Gasteiger charge is 2.28. The molecule has 2 atom stereocenters. The van der Waals surface area contributed by atoms with Gasteiger partial charge in [-0.1, -0.05) is 30.3 Å². The largest absolute Gasteiger partial charge is 0.508 e. The van der Waals surface area contributed by atoms with Crippen molar-refractivity contribution < 1.29 is 9.90 Å². The Morgan fingerprint density at radius 3 is 2.82 bits per heavy atom. The molecule has 0 aliphatic carbocycles. The summed E-state index contributed by atoms with van der Waals surface area (Å²) in [5, 5.41) is 15.9. The minimum absolute atomic E-state index is 0.268. The minimum atomic E-state index is -0.318. The fourth-order valence-corrected chi connectivity index (χ4v) is 3.98. The molecular weight excluding hydrogens is 416 g/mol. The first-order valence-electron chi connectivity index (χ1n) is 11.2. The van der Waals surface area contributed by atoms with Gasteiger partial charge in [-0.05, 0) is 48.7 Å². The third-order valence-electron chi connectivity index (χ3n) is 5.94. The maximum absolute atomic E-state index is 11.6. The molecular formula is C25H30N6O2. The van der Waals surface area contributed by atoms with Gasteiger partial charge < -0.3 is 21.5 Å². The number of carbonyl (C=O) groups excluding carboxylic acids is 1. The average Bonchev–Trinajstić information content (AvgIpc) is 2.82. The molecule has 172 valence electrons. The van der Waals surface area contributed by atoms with E-state index in [1.165, 1.54) is 0 Å². The Hall–Kier alpha value is -3.49. The number of phenols is 1. The normalized spacial score (nSPS) is 18.7. The average molecular weight is 447 g/mol. The number of hydrogen-bond acceptors (Lipinski definition) is 7. The number of nitrogens with zero attached hydrogens (tertiary/aromatic N) is 3. The summed E-state index contributed by atoms with van der Waals surface area (Å²) in [6.45, 7) is 4.91.